The Kier molecular flexibility index (Phi) is 6.33. The largest absolute Gasteiger partial charge is 0.394 e. The third-order valence-corrected chi connectivity index (χ3v) is 6.27. The molecule has 4 aromatic rings. The van der Waals surface area contributed by atoms with Gasteiger partial charge in [-0.3, -0.25) is 9.20 Å². The fourth-order valence-corrected chi connectivity index (χ4v) is 4.44. The molecule has 35 heavy (non-hydrogen) atoms. The maximum absolute atomic E-state index is 15.4. The van der Waals surface area contributed by atoms with Gasteiger partial charge in [-0.15, -0.1) is 0 Å². The third-order valence-electron chi connectivity index (χ3n) is 6.00. The molecule has 1 aromatic carbocycles. The van der Waals surface area contributed by atoms with Crippen LogP contribution >= 0.6 is 11.6 Å². The van der Waals surface area contributed by atoms with Crippen molar-refractivity contribution in [1.29, 1.82) is 0 Å². The smallest absolute Gasteiger partial charge is 0.256 e. The number of hydrogen-bond acceptors (Lipinski definition) is 7. The van der Waals surface area contributed by atoms with Gasteiger partial charge in [0, 0.05) is 23.2 Å². The molecule has 0 spiro atoms. The number of anilines is 2. The average Bonchev–Trinajstić information content (AvgIpc) is 3.28. The van der Waals surface area contributed by atoms with E-state index in [1.807, 2.05) is 0 Å². The Balaban J connectivity index is 1.53. The van der Waals surface area contributed by atoms with E-state index in [0.717, 1.165) is 6.07 Å². The molecule has 5 rings (SSSR count). The number of nitrogens with two attached hydrogens (primary N) is 1. The normalized spacial score (nSPS) is 18.0. The first-order valence-corrected chi connectivity index (χ1v) is 11.4. The van der Waals surface area contributed by atoms with Gasteiger partial charge in [-0.1, -0.05) is 17.7 Å². The van der Waals surface area contributed by atoms with Crippen molar-refractivity contribution >= 4 is 34.7 Å². The van der Waals surface area contributed by atoms with E-state index >= 15 is 4.39 Å². The van der Waals surface area contributed by atoms with Gasteiger partial charge in [-0.25, -0.2) is 19.3 Å². The molecular weight excluding hydrogens is 475 g/mol. The molecule has 1 amide bonds. The second-order valence-corrected chi connectivity index (χ2v) is 8.63. The Morgan fingerprint density at radius 1 is 1.29 bits per heavy atom. The van der Waals surface area contributed by atoms with Gasteiger partial charge in [0.1, 0.15) is 39.6 Å². The lowest BCUT2D eigenvalue weighted by molar-refractivity contribution is -0.0282. The highest BCUT2D eigenvalue weighted by molar-refractivity contribution is 6.30. The molecule has 2 atom stereocenters. The first-order chi connectivity index (χ1) is 17.0. The maximum atomic E-state index is 15.4. The number of amides is 1. The van der Waals surface area contributed by atoms with Gasteiger partial charge < -0.3 is 20.9 Å². The van der Waals surface area contributed by atoms with Crippen LogP contribution in [-0.4, -0.2) is 49.7 Å². The van der Waals surface area contributed by atoms with Crippen molar-refractivity contribution in [2.75, 3.05) is 24.3 Å². The van der Waals surface area contributed by atoms with Gasteiger partial charge in [-0.05, 0) is 43.2 Å². The van der Waals surface area contributed by atoms with Crippen LogP contribution < -0.4 is 11.1 Å². The highest BCUT2D eigenvalue weighted by Gasteiger charge is 2.29. The molecule has 2 unspecified atom stereocenters. The van der Waals surface area contributed by atoms with Crippen LogP contribution in [0, 0.1) is 5.82 Å². The summed E-state index contributed by atoms with van der Waals surface area (Å²) in [7, 11) is 0. The number of carbonyl (C=O) groups excluding carboxylic acids is 1. The summed E-state index contributed by atoms with van der Waals surface area (Å²) in [5.74, 6) is -0.203. The molecule has 3 aromatic heterocycles. The van der Waals surface area contributed by atoms with Crippen molar-refractivity contribution in [2.45, 2.75) is 24.9 Å². The van der Waals surface area contributed by atoms with Gasteiger partial charge >= 0.3 is 0 Å². The molecule has 0 bridgehead atoms. The van der Waals surface area contributed by atoms with E-state index in [1.165, 1.54) is 18.3 Å². The van der Waals surface area contributed by atoms with Crippen LogP contribution in [0.2, 0.25) is 5.15 Å². The minimum Gasteiger partial charge on any atom is -0.394 e. The lowest BCUT2D eigenvalue weighted by Crippen LogP contribution is -2.28. The number of ether oxygens (including phenoxy) is 1. The second kappa shape index (κ2) is 9.57. The highest BCUT2D eigenvalue weighted by Crippen LogP contribution is 2.37. The molecule has 180 valence electrons. The van der Waals surface area contributed by atoms with E-state index in [2.05, 4.69) is 15.3 Å². The summed E-state index contributed by atoms with van der Waals surface area (Å²) in [6.07, 6.45) is 4.10. The zero-order valence-corrected chi connectivity index (χ0v) is 19.2. The number of aromatic nitrogens is 4. The number of carbonyl (C=O) groups is 1. The first kappa shape index (κ1) is 23.2. The van der Waals surface area contributed by atoms with Crippen LogP contribution in [-0.2, 0) is 4.74 Å². The number of rotatable bonds is 5. The van der Waals surface area contributed by atoms with Gasteiger partial charge in [-0.2, -0.15) is 0 Å². The van der Waals surface area contributed by atoms with E-state index in [0.29, 0.717) is 36.6 Å². The monoisotopic (exact) mass is 496 g/mol. The van der Waals surface area contributed by atoms with Crippen LogP contribution in [0.15, 0.2) is 48.8 Å². The van der Waals surface area contributed by atoms with E-state index in [4.69, 9.17) is 27.1 Å². The van der Waals surface area contributed by atoms with E-state index in [-0.39, 0.29) is 46.4 Å². The minimum absolute atomic E-state index is 0.0522. The van der Waals surface area contributed by atoms with Crippen molar-refractivity contribution in [1.82, 2.24) is 19.4 Å². The zero-order valence-electron chi connectivity index (χ0n) is 18.5. The fourth-order valence-electron chi connectivity index (χ4n) is 4.22. The predicted molar refractivity (Wildman–Crippen MR) is 129 cm³/mol. The predicted octanol–water partition coefficient (Wildman–Crippen LogP) is 3.67. The van der Waals surface area contributed by atoms with Gasteiger partial charge in [0.25, 0.3) is 5.91 Å². The number of pyridine rings is 1. The Bertz CT molecular complexity index is 1390. The van der Waals surface area contributed by atoms with Gasteiger partial charge in [0.2, 0.25) is 0 Å². The van der Waals surface area contributed by atoms with Crippen molar-refractivity contribution in [3.63, 3.8) is 0 Å². The topological polar surface area (TPSA) is 128 Å². The quantitative estimate of drug-likeness (QED) is 0.384. The second-order valence-electron chi connectivity index (χ2n) is 8.24. The molecule has 1 aliphatic heterocycles. The Morgan fingerprint density at radius 3 is 2.83 bits per heavy atom. The highest BCUT2D eigenvalue weighted by atomic mass is 35.5. The fraction of sp³-hybridized carbons (Fsp3) is 0.250. The van der Waals surface area contributed by atoms with E-state index in [1.54, 1.807) is 28.8 Å². The van der Waals surface area contributed by atoms with E-state index in [9.17, 15) is 9.90 Å². The molecule has 0 saturated carbocycles. The van der Waals surface area contributed by atoms with Crippen molar-refractivity contribution in [3.05, 3.63) is 71.2 Å². The van der Waals surface area contributed by atoms with Gasteiger partial charge in [0.15, 0.2) is 0 Å². The number of nitrogens with one attached hydrogen (secondary N) is 1. The third kappa shape index (κ3) is 4.43. The molecule has 4 N–H and O–H groups in total. The number of nitrogen functional groups attached to an aromatic ring is 1. The summed E-state index contributed by atoms with van der Waals surface area (Å²) in [6, 6.07) is 9.23. The molecule has 1 fully saturated rings. The van der Waals surface area contributed by atoms with Crippen LogP contribution in [0.4, 0.5) is 16.0 Å². The summed E-state index contributed by atoms with van der Waals surface area (Å²) in [5, 5.41) is 12.3. The maximum Gasteiger partial charge on any atom is 0.256 e. The van der Waals surface area contributed by atoms with Crippen LogP contribution in [0.1, 0.15) is 34.9 Å². The molecule has 11 heteroatoms. The van der Waals surface area contributed by atoms with Crippen molar-refractivity contribution in [3.8, 4) is 11.3 Å². The van der Waals surface area contributed by atoms with Crippen molar-refractivity contribution < 1.29 is 19.0 Å². The standard InChI is InChI=1S/C24H22ClFN6O3/c25-18-10-29-22(27)21-20(31-23(32(18)21)14-4-6-15(11-33)35-12-14)16-7-5-13(9-17(16)26)24(34)30-19-3-1-2-8-28-19/h1-3,5,7-10,14-15,33H,4,6,11-12H2,(H2,27,29)(H,28,30,34). The summed E-state index contributed by atoms with van der Waals surface area (Å²) in [6.45, 7) is 0.279. The Hall–Kier alpha value is -3.60. The summed E-state index contributed by atoms with van der Waals surface area (Å²) < 4.78 is 22.7. The number of imidazole rings is 1. The number of hydrogen-bond donors (Lipinski definition) is 3. The molecule has 0 radical (unpaired) electrons. The Morgan fingerprint density at radius 2 is 2.14 bits per heavy atom. The summed E-state index contributed by atoms with van der Waals surface area (Å²) >= 11 is 6.47. The number of fused-ring (bicyclic) bond motifs is 1. The molecule has 4 heterocycles. The number of aliphatic hydroxyl groups is 1. The summed E-state index contributed by atoms with van der Waals surface area (Å²) in [4.78, 5) is 25.5. The lowest BCUT2D eigenvalue weighted by atomic mass is 9.98. The SMILES string of the molecule is Nc1ncc(Cl)n2c(C3CCC(CO)OC3)nc(-c3ccc(C(=O)Nc4ccccn4)cc3F)c12. The molecule has 1 saturated heterocycles. The van der Waals surface area contributed by atoms with Gasteiger partial charge in [0.05, 0.1) is 25.5 Å². The molecular formula is C24H22ClFN6O3. The zero-order chi connectivity index (χ0) is 24.5. The minimum atomic E-state index is -0.648. The lowest BCUT2D eigenvalue weighted by Gasteiger charge is -2.27. The number of aliphatic hydroxyl groups excluding tert-OH is 1. The average molecular weight is 497 g/mol. The number of halogens is 2. The molecule has 9 nitrogen and oxygen atoms in total. The van der Waals surface area contributed by atoms with Crippen LogP contribution in [0.3, 0.4) is 0 Å². The van der Waals surface area contributed by atoms with Crippen molar-refractivity contribution in [2.24, 2.45) is 0 Å². The summed E-state index contributed by atoms with van der Waals surface area (Å²) in [5.41, 5.74) is 7.10. The first-order valence-electron chi connectivity index (χ1n) is 11.0. The van der Waals surface area contributed by atoms with E-state index < -0.39 is 11.7 Å². The number of nitrogens with zero attached hydrogens (tertiary/aromatic N) is 4. The van der Waals surface area contributed by atoms with Crippen LogP contribution in [0.25, 0.3) is 16.8 Å². The number of benzene rings is 1. The molecule has 0 aliphatic carbocycles. The van der Waals surface area contributed by atoms with Crippen LogP contribution in [0.5, 0.6) is 0 Å². The Labute approximate surface area is 204 Å². The molecule has 1 aliphatic rings.